The van der Waals surface area contributed by atoms with Gasteiger partial charge in [-0.25, -0.2) is 0 Å². The summed E-state index contributed by atoms with van der Waals surface area (Å²) in [5.74, 6) is 0. The van der Waals surface area contributed by atoms with Gasteiger partial charge in [0.05, 0.1) is 0 Å². The molecule has 2 nitrogen and oxygen atoms in total. The van der Waals surface area contributed by atoms with Gasteiger partial charge in [-0.1, -0.05) is 13.8 Å². The van der Waals surface area contributed by atoms with Gasteiger partial charge in [-0.05, 0) is 6.92 Å². The molecule has 1 atom stereocenters. The summed E-state index contributed by atoms with van der Waals surface area (Å²) < 4.78 is 0. The highest BCUT2D eigenvalue weighted by atomic mass is 16.1. The van der Waals surface area contributed by atoms with E-state index in [4.69, 9.17) is 0 Å². The highest BCUT2D eigenvalue weighted by Crippen LogP contribution is 1.88. The summed E-state index contributed by atoms with van der Waals surface area (Å²) in [6.45, 7) is 6.09. The smallest absolute Gasteiger partial charge is 0.199 e. The average Bonchev–Trinajstić information content (AvgIpc) is 1.63. The van der Waals surface area contributed by atoms with Crippen LogP contribution in [0.5, 0.6) is 0 Å². The van der Waals surface area contributed by atoms with Crippen molar-refractivity contribution in [1.82, 2.24) is 5.32 Å². The van der Waals surface area contributed by atoms with Gasteiger partial charge in [-0.3, -0.25) is 4.79 Å². The number of carbonyl (C=O) groups excluding carboxylic acids is 1. The molecule has 0 rings (SSSR count). The first-order valence-electron chi connectivity index (χ1n) is 3.28. The van der Waals surface area contributed by atoms with Crippen LogP contribution in [0.15, 0.2) is 0 Å². The zero-order valence-corrected chi connectivity index (χ0v) is 6.27. The molecule has 0 aromatic carbocycles. The van der Waals surface area contributed by atoms with E-state index in [9.17, 15) is 4.79 Å². The van der Waals surface area contributed by atoms with Gasteiger partial charge >= 0.3 is 0 Å². The minimum Gasteiger partial charge on any atom is -0.312 e. The summed E-state index contributed by atoms with van der Waals surface area (Å²) in [6, 6.07) is 0.718. The maximum absolute atomic E-state index is 9.83. The molecule has 0 bridgehead atoms. The van der Waals surface area contributed by atoms with Gasteiger partial charge in [0, 0.05) is 18.5 Å². The molecule has 0 amide bonds. The standard InChI is InChI=1S/C7H14NO/c1-6(2)8-7(3)4-5-9/h6-8H,4H2,1-3H3. The summed E-state index contributed by atoms with van der Waals surface area (Å²) >= 11 is 0. The third-order valence-electron chi connectivity index (χ3n) is 1.01. The minimum atomic E-state index is 0.266. The van der Waals surface area contributed by atoms with Gasteiger partial charge in [0.1, 0.15) is 0 Å². The van der Waals surface area contributed by atoms with Crippen molar-refractivity contribution in [3.05, 3.63) is 0 Å². The molecule has 1 unspecified atom stereocenters. The molecule has 0 aliphatic carbocycles. The molecule has 0 spiro atoms. The van der Waals surface area contributed by atoms with Crippen LogP contribution in [0.1, 0.15) is 27.2 Å². The Bertz CT molecular complexity index is 81.0. The Kier molecular flexibility index (Phi) is 4.32. The van der Waals surface area contributed by atoms with Crippen molar-refractivity contribution in [3.8, 4) is 0 Å². The molecule has 0 saturated heterocycles. The molecule has 0 aromatic heterocycles. The molecule has 0 aliphatic heterocycles. The number of hydrogen-bond donors (Lipinski definition) is 1. The van der Waals surface area contributed by atoms with Crippen LogP contribution in [-0.4, -0.2) is 18.4 Å². The summed E-state index contributed by atoms with van der Waals surface area (Å²) in [6.07, 6.45) is 2.34. The van der Waals surface area contributed by atoms with E-state index in [1.807, 2.05) is 13.2 Å². The van der Waals surface area contributed by atoms with Crippen molar-refractivity contribution < 1.29 is 4.79 Å². The third-order valence-corrected chi connectivity index (χ3v) is 1.01. The Balaban J connectivity index is 3.25. The van der Waals surface area contributed by atoms with Crippen LogP contribution in [0, 0.1) is 0 Å². The Morgan fingerprint density at radius 3 is 2.33 bits per heavy atom. The molecule has 53 valence electrons. The Hall–Kier alpha value is -0.370. The molecule has 0 fully saturated rings. The van der Waals surface area contributed by atoms with Crippen LogP contribution >= 0.6 is 0 Å². The largest absolute Gasteiger partial charge is 0.312 e. The summed E-state index contributed by atoms with van der Waals surface area (Å²) in [4.78, 5) is 9.83. The second kappa shape index (κ2) is 4.50. The Labute approximate surface area is 56.6 Å². The fraction of sp³-hybridized carbons (Fsp3) is 0.857. The van der Waals surface area contributed by atoms with Crippen LogP contribution in [0.3, 0.4) is 0 Å². The average molecular weight is 128 g/mol. The monoisotopic (exact) mass is 128 g/mol. The van der Waals surface area contributed by atoms with E-state index in [1.54, 1.807) is 0 Å². The second-order valence-electron chi connectivity index (χ2n) is 2.57. The summed E-state index contributed by atoms with van der Waals surface area (Å²) in [5.41, 5.74) is 0. The second-order valence-corrected chi connectivity index (χ2v) is 2.57. The topological polar surface area (TPSA) is 29.1 Å². The van der Waals surface area contributed by atoms with Gasteiger partial charge < -0.3 is 5.32 Å². The van der Waals surface area contributed by atoms with Crippen molar-refractivity contribution in [2.45, 2.75) is 39.3 Å². The Morgan fingerprint density at radius 1 is 1.44 bits per heavy atom. The van der Waals surface area contributed by atoms with E-state index >= 15 is 0 Å². The van der Waals surface area contributed by atoms with Gasteiger partial charge in [0.15, 0.2) is 6.29 Å². The van der Waals surface area contributed by atoms with Crippen molar-refractivity contribution >= 4 is 6.29 Å². The molecule has 0 saturated carbocycles. The van der Waals surface area contributed by atoms with Crippen molar-refractivity contribution in [3.63, 3.8) is 0 Å². The zero-order valence-electron chi connectivity index (χ0n) is 6.27. The lowest BCUT2D eigenvalue weighted by molar-refractivity contribution is 0.482. The van der Waals surface area contributed by atoms with E-state index in [0.29, 0.717) is 12.5 Å². The molecule has 0 aliphatic rings. The summed E-state index contributed by atoms with van der Waals surface area (Å²) in [5, 5.41) is 3.18. The van der Waals surface area contributed by atoms with Crippen LogP contribution in [0.2, 0.25) is 0 Å². The number of rotatable bonds is 4. The van der Waals surface area contributed by atoms with Gasteiger partial charge in [0.2, 0.25) is 0 Å². The van der Waals surface area contributed by atoms with Crippen molar-refractivity contribution in [2.24, 2.45) is 0 Å². The lowest BCUT2D eigenvalue weighted by atomic mass is 10.2. The fourth-order valence-corrected chi connectivity index (χ4v) is 0.753. The van der Waals surface area contributed by atoms with Crippen molar-refractivity contribution in [2.75, 3.05) is 0 Å². The molecular weight excluding hydrogens is 114 g/mol. The highest BCUT2D eigenvalue weighted by molar-refractivity contribution is 5.51. The first-order chi connectivity index (χ1) is 4.16. The highest BCUT2D eigenvalue weighted by Gasteiger charge is 2.00. The molecule has 2 heteroatoms. The number of nitrogens with one attached hydrogen (secondary N) is 1. The zero-order chi connectivity index (χ0) is 7.28. The number of hydrogen-bond acceptors (Lipinski definition) is 2. The molecule has 1 N–H and O–H groups in total. The van der Waals surface area contributed by atoms with E-state index in [1.165, 1.54) is 0 Å². The van der Waals surface area contributed by atoms with Gasteiger partial charge in [-0.2, -0.15) is 0 Å². The molecular formula is C7H14NO. The lowest BCUT2D eigenvalue weighted by Crippen LogP contribution is -2.32. The van der Waals surface area contributed by atoms with Crippen LogP contribution in [0.25, 0.3) is 0 Å². The quantitative estimate of drug-likeness (QED) is 0.608. The molecule has 9 heavy (non-hydrogen) atoms. The van der Waals surface area contributed by atoms with E-state index in [2.05, 4.69) is 19.2 Å². The molecule has 0 aromatic rings. The van der Waals surface area contributed by atoms with Crippen LogP contribution in [-0.2, 0) is 4.79 Å². The maximum Gasteiger partial charge on any atom is 0.199 e. The third kappa shape index (κ3) is 5.50. The minimum absolute atomic E-state index is 0.266. The molecule has 0 heterocycles. The van der Waals surface area contributed by atoms with Gasteiger partial charge in [0.25, 0.3) is 0 Å². The maximum atomic E-state index is 9.83. The normalized spacial score (nSPS) is 13.8. The summed E-state index contributed by atoms with van der Waals surface area (Å²) in [7, 11) is 0. The lowest BCUT2D eigenvalue weighted by Gasteiger charge is -2.12. The van der Waals surface area contributed by atoms with Crippen LogP contribution < -0.4 is 5.32 Å². The van der Waals surface area contributed by atoms with Crippen LogP contribution in [0.4, 0.5) is 0 Å². The Morgan fingerprint density at radius 2 is 2.00 bits per heavy atom. The predicted octanol–water partition coefficient (Wildman–Crippen LogP) is 0.873. The first kappa shape index (κ1) is 8.63. The predicted molar refractivity (Wildman–Crippen MR) is 38.0 cm³/mol. The van der Waals surface area contributed by atoms with Crippen molar-refractivity contribution in [1.29, 1.82) is 0 Å². The van der Waals surface area contributed by atoms with E-state index < -0.39 is 0 Å². The van der Waals surface area contributed by atoms with E-state index in [0.717, 1.165) is 0 Å². The first-order valence-corrected chi connectivity index (χ1v) is 3.28. The van der Waals surface area contributed by atoms with E-state index in [-0.39, 0.29) is 6.04 Å². The molecule has 1 radical (unpaired) electrons. The van der Waals surface area contributed by atoms with Gasteiger partial charge in [-0.15, -0.1) is 0 Å². The SMILES string of the molecule is CC(C)NC(C)C[C]=O. The fourth-order valence-electron chi connectivity index (χ4n) is 0.753.